The standard InChI is InChI=1S/C13H18FNO.C4H10/c1-10-2-3-12(14)13(8-10)16-9-11-4-6-15-7-5-11;1-3-4-2/h2-3,8,11,15H,4-7,9H2,1H3;3-4H2,1-2H3. The summed E-state index contributed by atoms with van der Waals surface area (Å²) in [5.74, 6) is 0.680. The lowest BCUT2D eigenvalue weighted by atomic mass is 9.99. The van der Waals surface area contributed by atoms with Crippen molar-refractivity contribution in [2.75, 3.05) is 19.7 Å². The Labute approximate surface area is 122 Å². The van der Waals surface area contributed by atoms with Crippen LogP contribution >= 0.6 is 0 Å². The molecule has 1 N–H and O–H groups in total. The van der Waals surface area contributed by atoms with Crippen LogP contribution in [0, 0.1) is 18.7 Å². The lowest BCUT2D eigenvalue weighted by molar-refractivity contribution is 0.208. The second-order valence-electron chi connectivity index (χ2n) is 5.44. The highest BCUT2D eigenvalue weighted by atomic mass is 19.1. The van der Waals surface area contributed by atoms with Gasteiger partial charge in [0.2, 0.25) is 0 Å². The lowest BCUT2D eigenvalue weighted by Gasteiger charge is -2.22. The fourth-order valence-electron chi connectivity index (χ4n) is 1.98. The van der Waals surface area contributed by atoms with Gasteiger partial charge >= 0.3 is 0 Å². The van der Waals surface area contributed by atoms with Crippen molar-refractivity contribution in [1.29, 1.82) is 0 Å². The fourth-order valence-corrected chi connectivity index (χ4v) is 1.98. The van der Waals surface area contributed by atoms with Crippen LogP contribution in [0.25, 0.3) is 0 Å². The number of halogens is 1. The highest BCUT2D eigenvalue weighted by molar-refractivity contribution is 5.29. The van der Waals surface area contributed by atoms with Crippen molar-refractivity contribution >= 4 is 0 Å². The van der Waals surface area contributed by atoms with Crippen LogP contribution in [0.2, 0.25) is 0 Å². The van der Waals surface area contributed by atoms with E-state index >= 15 is 0 Å². The molecule has 0 amide bonds. The van der Waals surface area contributed by atoms with Crippen molar-refractivity contribution in [1.82, 2.24) is 5.32 Å². The number of aryl methyl sites for hydroxylation is 1. The number of hydrogen-bond acceptors (Lipinski definition) is 2. The van der Waals surface area contributed by atoms with Crippen LogP contribution in [0.4, 0.5) is 4.39 Å². The maximum atomic E-state index is 13.4. The molecule has 114 valence electrons. The third-order valence-electron chi connectivity index (χ3n) is 3.52. The van der Waals surface area contributed by atoms with Gasteiger partial charge in [0.05, 0.1) is 6.61 Å². The van der Waals surface area contributed by atoms with E-state index in [1.54, 1.807) is 12.1 Å². The molecule has 1 heterocycles. The second kappa shape index (κ2) is 9.76. The van der Waals surface area contributed by atoms with Crippen LogP contribution in [0.15, 0.2) is 18.2 Å². The Hall–Kier alpha value is -1.09. The van der Waals surface area contributed by atoms with Crippen LogP contribution in [0.1, 0.15) is 45.1 Å². The van der Waals surface area contributed by atoms with E-state index in [0.29, 0.717) is 18.3 Å². The van der Waals surface area contributed by atoms with Crippen molar-refractivity contribution in [2.45, 2.75) is 46.5 Å². The summed E-state index contributed by atoms with van der Waals surface area (Å²) in [5.41, 5.74) is 1.03. The van der Waals surface area contributed by atoms with E-state index in [0.717, 1.165) is 31.5 Å². The summed E-state index contributed by atoms with van der Waals surface area (Å²) in [6, 6.07) is 4.98. The molecule has 0 radical (unpaired) electrons. The molecule has 0 bridgehead atoms. The molecule has 0 atom stereocenters. The van der Waals surface area contributed by atoms with Crippen molar-refractivity contribution in [3.63, 3.8) is 0 Å². The molecular formula is C17H28FNO. The second-order valence-corrected chi connectivity index (χ2v) is 5.44. The van der Waals surface area contributed by atoms with Crippen molar-refractivity contribution in [3.05, 3.63) is 29.6 Å². The predicted molar refractivity (Wildman–Crippen MR) is 82.8 cm³/mol. The Kier molecular flexibility index (Phi) is 8.28. The third kappa shape index (κ3) is 6.38. The quantitative estimate of drug-likeness (QED) is 0.887. The van der Waals surface area contributed by atoms with Crippen LogP contribution in [-0.2, 0) is 0 Å². The van der Waals surface area contributed by atoms with E-state index in [1.165, 1.54) is 18.9 Å². The van der Waals surface area contributed by atoms with Gasteiger partial charge in [0.15, 0.2) is 11.6 Å². The van der Waals surface area contributed by atoms with Crippen LogP contribution < -0.4 is 10.1 Å². The summed E-state index contributed by atoms with van der Waals surface area (Å²) in [6.07, 6.45) is 4.88. The number of benzene rings is 1. The van der Waals surface area contributed by atoms with Crippen molar-refractivity contribution in [2.24, 2.45) is 5.92 Å². The third-order valence-corrected chi connectivity index (χ3v) is 3.52. The maximum absolute atomic E-state index is 13.4. The van der Waals surface area contributed by atoms with Gasteiger partial charge in [-0.2, -0.15) is 0 Å². The molecule has 0 aromatic heterocycles. The van der Waals surface area contributed by atoms with E-state index in [-0.39, 0.29) is 5.82 Å². The zero-order valence-electron chi connectivity index (χ0n) is 13.0. The molecule has 2 nitrogen and oxygen atoms in total. The van der Waals surface area contributed by atoms with Gasteiger partial charge in [-0.1, -0.05) is 32.8 Å². The van der Waals surface area contributed by atoms with E-state index in [4.69, 9.17) is 4.74 Å². The highest BCUT2D eigenvalue weighted by Gasteiger charge is 2.14. The van der Waals surface area contributed by atoms with E-state index in [9.17, 15) is 4.39 Å². The minimum absolute atomic E-state index is 0.264. The first kappa shape index (κ1) is 17.0. The zero-order valence-corrected chi connectivity index (χ0v) is 13.0. The van der Waals surface area contributed by atoms with Gasteiger partial charge in [0.1, 0.15) is 0 Å². The topological polar surface area (TPSA) is 21.3 Å². The zero-order chi connectivity index (χ0) is 14.8. The van der Waals surface area contributed by atoms with Crippen LogP contribution in [0.3, 0.4) is 0 Å². The lowest BCUT2D eigenvalue weighted by Crippen LogP contribution is -2.30. The normalized spacial score (nSPS) is 15.4. The molecule has 0 saturated carbocycles. The summed E-state index contributed by atoms with van der Waals surface area (Å²) in [5, 5.41) is 3.30. The summed E-state index contributed by atoms with van der Waals surface area (Å²) in [4.78, 5) is 0. The Balaban J connectivity index is 0.000000444. The smallest absolute Gasteiger partial charge is 0.165 e. The molecule has 1 aliphatic rings. The number of rotatable bonds is 4. The highest BCUT2D eigenvalue weighted by Crippen LogP contribution is 2.20. The summed E-state index contributed by atoms with van der Waals surface area (Å²) in [7, 11) is 0. The summed E-state index contributed by atoms with van der Waals surface area (Å²) in [6.45, 7) is 9.02. The number of nitrogens with one attached hydrogen (secondary N) is 1. The molecule has 1 aromatic carbocycles. The monoisotopic (exact) mass is 281 g/mol. The Morgan fingerprint density at radius 2 is 1.85 bits per heavy atom. The minimum Gasteiger partial charge on any atom is -0.490 e. The van der Waals surface area contributed by atoms with Crippen LogP contribution in [-0.4, -0.2) is 19.7 Å². The molecule has 1 aliphatic heterocycles. The molecule has 3 heteroatoms. The van der Waals surface area contributed by atoms with E-state index in [2.05, 4.69) is 19.2 Å². The van der Waals surface area contributed by atoms with Gasteiger partial charge in [-0.05, 0) is 56.5 Å². The molecule has 0 unspecified atom stereocenters. The van der Waals surface area contributed by atoms with Crippen molar-refractivity contribution < 1.29 is 9.13 Å². The number of ether oxygens (including phenoxy) is 1. The molecule has 1 fully saturated rings. The van der Waals surface area contributed by atoms with Gasteiger partial charge in [0.25, 0.3) is 0 Å². The average Bonchev–Trinajstić information content (AvgIpc) is 2.49. The van der Waals surface area contributed by atoms with Gasteiger partial charge in [-0.25, -0.2) is 4.39 Å². The Morgan fingerprint density at radius 3 is 2.45 bits per heavy atom. The first-order valence-electron chi connectivity index (χ1n) is 7.77. The predicted octanol–water partition coefficient (Wildman–Crippen LogP) is 4.32. The first-order valence-corrected chi connectivity index (χ1v) is 7.77. The van der Waals surface area contributed by atoms with Gasteiger partial charge in [-0.15, -0.1) is 0 Å². The summed E-state index contributed by atoms with van der Waals surface area (Å²) < 4.78 is 18.9. The minimum atomic E-state index is -0.264. The SMILES string of the molecule is CCCC.Cc1ccc(F)c(OCC2CCNCC2)c1. The molecule has 1 saturated heterocycles. The first-order chi connectivity index (χ1) is 9.67. The molecule has 0 spiro atoms. The number of piperidine rings is 1. The van der Waals surface area contributed by atoms with Crippen molar-refractivity contribution in [3.8, 4) is 5.75 Å². The molecule has 1 aromatic rings. The molecule has 0 aliphatic carbocycles. The Bertz CT molecular complexity index is 373. The fraction of sp³-hybridized carbons (Fsp3) is 0.647. The number of hydrogen-bond donors (Lipinski definition) is 1. The Morgan fingerprint density at radius 1 is 1.20 bits per heavy atom. The summed E-state index contributed by atoms with van der Waals surface area (Å²) >= 11 is 0. The van der Waals surface area contributed by atoms with Gasteiger partial charge in [-0.3, -0.25) is 0 Å². The molecule has 20 heavy (non-hydrogen) atoms. The maximum Gasteiger partial charge on any atom is 0.165 e. The van der Waals surface area contributed by atoms with E-state index in [1.807, 2.05) is 6.92 Å². The van der Waals surface area contributed by atoms with Gasteiger partial charge < -0.3 is 10.1 Å². The average molecular weight is 281 g/mol. The van der Waals surface area contributed by atoms with Crippen LogP contribution in [0.5, 0.6) is 5.75 Å². The van der Waals surface area contributed by atoms with E-state index < -0.39 is 0 Å². The molecular weight excluding hydrogens is 253 g/mol. The largest absolute Gasteiger partial charge is 0.490 e. The molecule has 2 rings (SSSR count). The number of unbranched alkanes of at least 4 members (excludes halogenated alkanes) is 1. The van der Waals surface area contributed by atoms with Gasteiger partial charge in [0, 0.05) is 0 Å².